The number of hydrogen-bond donors (Lipinski definition) is 0. The molecule has 0 aliphatic rings. The largest absolute Gasteiger partial charge is 0.493 e. The summed E-state index contributed by atoms with van der Waals surface area (Å²) in [6, 6.07) is 5.53. The Morgan fingerprint density at radius 2 is 1.90 bits per heavy atom. The van der Waals surface area contributed by atoms with Crippen molar-refractivity contribution in [2.45, 2.75) is 40.2 Å². The number of likely N-dealkylation sites (N-methyl/N-ethyl adjacent to an activating group) is 1. The molecule has 0 spiro atoms. The molecule has 0 heterocycles. The molecule has 0 saturated heterocycles. The Kier molecular flexibility index (Phi) is 6.21. The standard InChI is InChI=1S/C16H23NO4/c1-6-17(12(3)18)11(2)9-14-7-8-15(21-13(4)19)16(10-14)20-5/h7-8,10-11H,6,9H2,1-5H3/t11-/m1/s1. The van der Waals surface area contributed by atoms with E-state index in [0.29, 0.717) is 24.5 Å². The summed E-state index contributed by atoms with van der Waals surface area (Å²) in [4.78, 5) is 24.4. The number of amides is 1. The molecule has 5 heteroatoms. The number of benzene rings is 1. The van der Waals surface area contributed by atoms with Crippen molar-refractivity contribution in [3.05, 3.63) is 23.8 Å². The van der Waals surface area contributed by atoms with E-state index in [1.807, 2.05) is 30.9 Å². The first-order chi connectivity index (χ1) is 9.88. The summed E-state index contributed by atoms with van der Waals surface area (Å²) in [6.45, 7) is 7.57. The first-order valence-corrected chi connectivity index (χ1v) is 7.01. The number of methoxy groups -OCH3 is 1. The molecule has 0 bridgehead atoms. The van der Waals surface area contributed by atoms with E-state index in [4.69, 9.17) is 9.47 Å². The van der Waals surface area contributed by atoms with Gasteiger partial charge >= 0.3 is 5.97 Å². The van der Waals surface area contributed by atoms with Crippen LogP contribution in [0.4, 0.5) is 0 Å². The molecule has 21 heavy (non-hydrogen) atoms. The molecule has 0 aliphatic carbocycles. The monoisotopic (exact) mass is 293 g/mol. The van der Waals surface area contributed by atoms with Crippen molar-refractivity contribution in [2.24, 2.45) is 0 Å². The van der Waals surface area contributed by atoms with Gasteiger partial charge in [0.05, 0.1) is 7.11 Å². The van der Waals surface area contributed by atoms with Crippen LogP contribution in [0.3, 0.4) is 0 Å². The van der Waals surface area contributed by atoms with Crippen molar-refractivity contribution in [3.8, 4) is 11.5 Å². The third kappa shape index (κ3) is 4.77. The minimum Gasteiger partial charge on any atom is -0.493 e. The Morgan fingerprint density at radius 3 is 2.38 bits per heavy atom. The van der Waals surface area contributed by atoms with Crippen molar-refractivity contribution < 1.29 is 19.1 Å². The van der Waals surface area contributed by atoms with E-state index in [-0.39, 0.29) is 17.9 Å². The van der Waals surface area contributed by atoms with Gasteiger partial charge in [-0.2, -0.15) is 0 Å². The van der Waals surface area contributed by atoms with E-state index in [2.05, 4.69) is 0 Å². The predicted molar refractivity (Wildman–Crippen MR) is 80.5 cm³/mol. The molecule has 1 aromatic carbocycles. The normalized spacial score (nSPS) is 11.7. The minimum atomic E-state index is -0.386. The minimum absolute atomic E-state index is 0.0634. The lowest BCUT2D eigenvalue weighted by Gasteiger charge is -2.27. The van der Waals surface area contributed by atoms with Gasteiger partial charge < -0.3 is 14.4 Å². The predicted octanol–water partition coefficient (Wildman–Crippen LogP) is 2.42. The molecular weight excluding hydrogens is 270 g/mol. The zero-order valence-corrected chi connectivity index (χ0v) is 13.3. The Bertz CT molecular complexity index is 513. The molecule has 0 aliphatic heterocycles. The van der Waals surface area contributed by atoms with Gasteiger partial charge in [0, 0.05) is 26.4 Å². The van der Waals surface area contributed by atoms with Crippen LogP contribution in [0.1, 0.15) is 33.3 Å². The fourth-order valence-corrected chi connectivity index (χ4v) is 2.37. The lowest BCUT2D eigenvalue weighted by Crippen LogP contribution is -2.38. The number of hydrogen-bond acceptors (Lipinski definition) is 4. The van der Waals surface area contributed by atoms with Crippen LogP contribution in [0.15, 0.2) is 18.2 Å². The van der Waals surface area contributed by atoms with Crippen LogP contribution in [0.5, 0.6) is 11.5 Å². The van der Waals surface area contributed by atoms with Crippen LogP contribution >= 0.6 is 0 Å². The Morgan fingerprint density at radius 1 is 1.24 bits per heavy atom. The van der Waals surface area contributed by atoms with Crippen molar-refractivity contribution in [1.29, 1.82) is 0 Å². The molecule has 1 amide bonds. The number of carbonyl (C=O) groups is 2. The molecule has 5 nitrogen and oxygen atoms in total. The van der Waals surface area contributed by atoms with Crippen molar-refractivity contribution in [1.82, 2.24) is 4.90 Å². The van der Waals surface area contributed by atoms with Gasteiger partial charge in [0.15, 0.2) is 11.5 Å². The summed E-state index contributed by atoms with van der Waals surface area (Å²) in [5.74, 6) is 0.595. The SMILES string of the molecule is CCN(C(C)=O)[C@H](C)Cc1ccc(OC(C)=O)c(OC)c1. The number of ether oxygens (including phenoxy) is 2. The second-order valence-corrected chi connectivity index (χ2v) is 4.94. The second kappa shape index (κ2) is 7.67. The highest BCUT2D eigenvalue weighted by atomic mass is 16.6. The number of esters is 1. The number of carbonyl (C=O) groups excluding carboxylic acids is 2. The Balaban J connectivity index is 2.89. The average molecular weight is 293 g/mol. The maximum atomic E-state index is 11.5. The van der Waals surface area contributed by atoms with Crippen LogP contribution in [-0.4, -0.2) is 36.5 Å². The third-order valence-corrected chi connectivity index (χ3v) is 3.29. The molecule has 0 saturated carbocycles. The van der Waals surface area contributed by atoms with E-state index in [0.717, 1.165) is 5.56 Å². The molecule has 1 rings (SSSR count). The lowest BCUT2D eigenvalue weighted by atomic mass is 10.1. The fraction of sp³-hybridized carbons (Fsp3) is 0.500. The Labute approximate surface area is 125 Å². The van der Waals surface area contributed by atoms with Crippen LogP contribution < -0.4 is 9.47 Å². The van der Waals surface area contributed by atoms with Gasteiger partial charge in [-0.25, -0.2) is 0 Å². The molecule has 0 unspecified atom stereocenters. The summed E-state index contributed by atoms with van der Waals surface area (Å²) in [5, 5.41) is 0. The van der Waals surface area contributed by atoms with Crippen molar-refractivity contribution in [2.75, 3.05) is 13.7 Å². The molecule has 0 radical (unpaired) electrons. The second-order valence-electron chi connectivity index (χ2n) is 4.94. The van der Waals surface area contributed by atoms with Gasteiger partial charge in [-0.15, -0.1) is 0 Å². The van der Waals surface area contributed by atoms with Gasteiger partial charge in [0.25, 0.3) is 0 Å². The van der Waals surface area contributed by atoms with Gasteiger partial charge in [-0.3, -0.25) is 9.59 Å². The molecule has 0 N–H and O–H groups in total. The first kappa shape index (κ1) is 17.0. The highest BCUT2D eigenvalue weighted by molar-refractivity contribution is 5.73. The first-order valence-electron chi connectivity index (χ1n) is 7.01. The van der Waals surface area contributed by atoms with Crippen molar-refractivity contribution in [3.63, 3.8) is 0 Å². The fourth-order valence-electron chi connectivity index (χ4n) is 2.37. The highest BCUT2D eigenvalue weighted by Gasteiger charge is 2.16. The van der Waals surface area contributed by atoms with E-state index in [1.165, 1.54) is 14.0 Å². The third-order valence-electron chi connectivity index (χ3n) is 3.29. The smallest absolute Gasteiger partial charge is 0.308 e. The van der Waals surface area contributed by atoms with Gasteiger partial charge in [-0.05, 0) is 38.0 Å². The van der Waals surface area contributed by atoms with E-state index in [1.54, 1.807) is 13.0 Å². The zero-order chi connectivity index (χ0) is 16.0. The lowest BCUT2D eigenvalue weighted by molar-refractivity contribution is -0.132. The molecular formula is C16H23NO4. The summed E-state index contributed by atoms with van der Waals surface area (Å²) in [5.41, 5.74) is 1.02. The molecule has 1 aromatic rings. The molecule has 116 valence electrons. The highest BCUT2D eigenvalue weighted by Crippen LogP contribution is 2.29. The average Bonchev–Trinajstić information content (AvgIpc) is 2.40. The quantitative estimate of drug-likeness (QED) is 0.597. The zero-order valence-electron chi connectivity index (χ0n) is 13.3. The van der Waals surface area contributed by atoms with E-state index in [9.17, 15) is 9.59 Å². The van der Waals surface area contributed by atoms with E-state index < -0.39 is 0 Å². The van der Waals surface area contributed by atoms with Gasteiger partial charge in [-0.1, -0.05) is 6.07 Å². The maximum Gasteiger partial charge on any atom is 0.308 e. The van der Waals surface area contributed by atoms with Crippen molar-refractivity contribution >= 4 is 11.9 Å². The molecule has 0 fully saturated rings. The van der Waals surface area contributed by atoms with Gasteiger partial charge in [0.1, 0.15) is 0 Å². The topological polar surface area (TPSA) is 55.8 Å². The number of rotatable bonds is 6. The molecule has 1 atom stereocenters. The summed E-state index contributed by atoms with van der Waals surface area (Å²) >= 11 is 0. The number of nitrogens with zero attached hydrogens (tertiary/aromatic N) is 1. The van der Waals surface area contributed by atoms with Crippen LogP contribution in [0.2, 0.25) is 0 Å². The summed E-state index contributed by atoms with van der Waals surface area (Å²) in [6.07, 6.45) is 0.712. The van der Waals surface area contributed by atoms with E-state index >= 15 is 0 Å². The summed E-state index contributed by atoms with van der Waals surface area (Å²) < 4.78 is 10.3. The Hall–Kier alpha value is -2.04. The van der Waals surface area contributed by atoms with Crippen LogP contribution in [0.25, 0.3) is 0 Å². The van der Waals surface area contributed by atoms with Crippen LogP contribution in [-0.2, 0) is 16.0 Å². The van der Waals surface area contributed by atoms with Gasteiger partial charge in [0.2, 0.25) is 5.91 Å². The van der Waals surface area contributed by atoms with Crippen LogP contribution in [0, 0.1) is 0 Å². The molecule has 0 aromatic heterocycles. The summed E-state index contributed by atoms with van der Waals surface area (Å²) in [7, 11) is 1.53. The maximum absolute atomic E-state index is 11.5.